The van der Waals surface area contributed by atoms with Gasteiger partial charge in [0.25, 0.3) is 0 Å². The molecule has 2 aromatic heterocycles. The number of anilines is 6. The van der Waals surface area contributed by atoms with Crippen molar-refractivity contribution in [3.8, 4) is 16.8 Å². The molecule has 11 rings (SSSR count). The number of hydrogen-bond acceptors (Lipinski definition) is 3. The highest BCUT2D eigenvalue weighted by atomic mass is 32.1. The summed E-state index contributed by atoms with van der Waals surface area (Å²) in [6.07, 6.45) is 0. The zero-order valence-corrected chi connectivity index (χ0v) is 32.4. The van der Waals surface area contributed by atoms with Crippen LogP contribution in [0.4, 0.5) is 34.1 Å². The van der Waals surface area contributed by atoms with E-state index in [4.69, 9.17) is 0 Å². The number of benzene rings is 9. The summed E-state index contributed by atoms with van der Waals surface area (Å²) in [6, 6.07) is 81.0. The fourth-order valence-corrected chi connectivity index (χ4v) is 9.61. The van der Waals surface area contributed by atoms with Crippen LogP contribution in [-0.4, -0.2) is 4.57 Å². The third kappa shape index (κ3) is 5.90. The Balaban J connectivity index is 1.01. The molecule has 0 aliphatic carbocycles. The Hall–Kier alpha value is -7.40. The monoisotopic (exact) mass is 759 g/mol. The largest absolute Gasteiger partial charge is 0.310 e. The molecule has 0 unspecified atom stereocenters. The Labute approximate surface area is 341 Å². The normalized spacial score (nSPS) is 11.4. The van der Waals surface area contributed by atoms with Gasteiger partial charge in [-0.05, 0) is 114 Å². The molecule has 0 N–H and O–H groups in total. The molecule has 0 radical (unpaired) electrons. The van der Waals surface area contributed by atoms with E-state index in [0.717, 1.165) is 39.8 Å². The van der Waals surface area contributed by atoms with Gasteiger partial charge in [0.05, 0.1) is 11.0 Å². The summed E-state index contributed by atoms with van der Waals surface area (Å²) in [4.78, 5) is 4.71. The highest BCUT2D eigenvalue weighted by Crippen LogP contribution is 2.44. The van der Waals surface area contributed by atoms with Crippen molar-refractivity contribution >= 4 is 87.4 Å². The van der Waals surface area contributed by atoms with Crippen molar-refractivity contribution in [1.82, 2.24) is 4.57 Å². The van der Waals surface area contributed by atoms with Gasteiger partial charge in [-0.3, -0.25) is 0 Å². The number of nitrogens with zero attached hydrogens (tertiary/aromatic N) is 3. The molecule has 9 aromatic carbocycles. The molecule has 11 aromatic rings. The molecule has 0 bridgehead atoms. The van der Waals surface area contributed by atoms with Crippen LogP contribution in [0.3, 0.4) is 0 Å². The molecule has 2 heterocycles. The Bertz CT molecular complexity index is 3190. The lowest BCUT2D eigenvalue weighted by molar-refractivity contribution is 1.18. The molecule has 58 heavy (non-hydrogen) atoms. The minimum atomic E-state index is 1.11. The molecule has 0 fully saturated rings. The second kappa shape index (κ2) is 14.3. The van der Waals surface area contributed by atoms with E-state index in [1.165, 1.54) is 53.1 Å². The van der Waals surface area contributed by atoms with E-state index in [9.17, 15) is 0 Å². The Kier molecular flexibility index (Phi) is 8.34. The standard InChI is InChI=1S/C54H37N3S/c1-5-17-40(18-6-1)55(41-19-7-2-8-20-41)45-30-33-53-50(36-45)49-32-29-46(37-54(49)58-53)56(42-21-9-3-10-22-42)44-25-15-16-38(34-44)39-28-31-48-47-26-13-14-27-51(47)57(52(48)35-39)43-23-11-4-12-24-43/h1-37H. The smallest absolute Gasteiger partial charge is 0.0547 e. The maximum Gasteiger partial charge on any atom is 0.0547 e. The van der Waals surface area contributed by atoms with Gasteiger partial charge < -0.3 is 14.4 Å². The van der Waals surface area contributed by atoms with Crippen LogP contribution >= 0.6 is 11.3 Å². The van der Waals surface area contributed by atoms with Gasteiger partial charge in [-0.15, -0.1) is 11.3 Å². The maximum atomic E-state index is 2.39. The first-order chi connectivity index (χ1) is 28.8. The molecular formula is C54H37N3S. The predicted octanol–water partition coefficient (Wildman–Crippen LogP) is 15.8. The summed E-state index contributed by atoms with van der Waals surface area (Å²) in [5.41, 5.74) is 12.7. The highest BCUT2D eigenvalue weighted by Gasteiger charge is 2.19. The molecule has 0 aliphatic heterocycles. The molecule has 0 saturated heterocycles. The van der Waals surface area contributed by atoms with Crippen LogP contribution in [0.25, 0.3) is 58.8 Å². The molecule has 3 nitrogen and oxygen atoms in total. The number of aromatic nitrogens is 1. The zero-order valence-electron chi connectivity index (χ0n) is 31.6. The van der Waals surface area contributed by atoms with Crippen LogP contribution in [0.1, 0.15) is 0 Å². The average Bonchev–Trinajstić information content (AvgIpc) is 3.83. The Morgan fingerprint density at radius 2 is 0.810 bits per heavy atom. The second-order valence-electron chi connectivity index (χ2n) is 14.6. The second-order valence-corrected chi connectivity index (χ2v) is 15.7. The van der Waals surface area contributed by atoms with Crippen molar-refractivity contribution in [2.24, 2.45) is 0 Å². The minimum Gasteiger partial charge on any atom is -0.310 e. The van der Waals surface area contributed by atoms with Gasteiger partial charge in [0.2, 0.25) is 0 Å². The van der Waals surface area contributed by atoms with Gasteiger partial charge in [0.1, 0.15) is 0 Å². The summed E-state index contributed by atoms with van der Waals surface area (Å²) in [5, 5.41) is 5.03. The van der Waals surface area contributed by atoms with Gasteiger partial charge in [0, 0.05) is 70.8 Å². The first kappa shape index (κ1) is 33.9. The lowest BCUT2D eigenvalue weighted by Crippen LogP contribution is -2.09. The first-order valence-corrected chi connectivity index (χ1v) is 20.5. The molecule has 0 spiro atoms. The summed E-state index contributed by atoms with van der Waals surface area (Å²) in [7, 11) is 0. The van der Waals surface area contributed by atoms with E-state index in [1.807, 2.05) is 11.3 Å². The number of hydrogen-bond donors (Lipinski definition) is 0. The first-order valence-electron chi connectivity index (χ1n) is 19.7. The molecule has 0 saturated carbocycles. The molecular weight excluding hydrogens is 723 g/mol. The maximum absolute atomic E-state index is 2.39. The van der Waals surface area contributed by atoms with E-state index in [2.05, 4.69) is 239 Å². The van der Waals surface area contributed by atoms with E-state index in [1.54, 1.807) is 0 Å². The van der Waals surface area contributed by atoms with Crippen LogP contribution in [0, 0.1) is 0 Å². The van der Waals surface area contributed by atoms with Crippen LogP contribution < -0.4 is 9.80 Å². The number of fused-ring (bicyclic) bond motifs is 6. The Morgan fingerprint density at radius 1 is 0.293 bits per heavy atom. The van der Waals surface area contributed by atoms with Crippen molar-refractivity contribution < 1.29 is 0 Å². The minimum absolute atomic E-state index is 1.11. The molecule has 0 amide bonds. The molecule has 274 valence electrons. The van der Waals surface area contributed by atoms with Crippen molar-refractivity contribution in [3.63, 3.8) is 0 Å². The fraction of sp³-hybridized carbons (Fsp3) is 0. The van der Waals surface area contributed by atoms with Gasteiger partial charge in [-0.1, -0.05) is 121 Å². The van der Waals surface area contributed by atoms with E-state index in [-0.39, 0.29) is 0 Å². The summed E-state index contributed by atoms with van der Waals surface area (Å²) in [6.45, 7) is 0. The fourth-order valence-electron chi connectivity index (χ4n) is 8.49. The lowest BCUT2D eigenvalue weighted by Gasteiger charge is -2.26. The van der Waals surface area contributed by atoms with Gasteiger partial charge in [0.15, 0.2) is 0 Å². The van der Waals surface area contributed by atoms with Gasteiger partial charge >= 0.3 is 0 Å². The SMILES string of the molecule is c1ccc(N(c2cccc(-c3ccc4c5ccccc5n(-c5ccccc5)c4c3)c2)c2ccc3c(c2)sc2ccc(N(c4ccccc4)c4ccccc4)cc23)cc1. The van der Waals surface area contributed by atoms with E-state index in [0.29, 0.717) is 0 Å². The quantitative estimate of drug-likeness (QED) is 0.153. The molecule has 0 aliphatic rings. The third-order valence-electron chi connectivity index (χ3n) is 11.1. The van der Waals surface area contributed by atoms with Crippen molar-refractivity contribution in [2.75, 3.05) is 9.80 Å². The third-order valence-corrected chi connectivity index (χ3v) is 12.3. The zero-order chi connectivity index (χ0) is 38.4. The van der Waals surface area contributed by atoms with Crippen molar-refractivity contribution in [3.05, 3.63) is 224 Å². The summed E-state index contributed by atoms with van der Waals surface area (Å²) >= 11 is 1.85. The topological polar surface area (TPSA) is 11.4 Å². The van der Waals surface area contributed by atoms with Gasteiger partial charge in [-0.2, -0.15) is 0 Å². The number of para-hydroxylation sites is 5. The molecule has 0 atom stereocenters. The van der Waals surface area contributed by atoms with E-state index < -0.39 is 0 Å². The molecule has 4 heteroatoms. The number of rotatable bonds is 8. The van der Waals surface area contributed by atoms with Gasteiger partial charge in [-0.25, -0.2) is 0 Å². The van der Waals surface area contributed by atoms with Crippen molar-refractivity contribution in [2.45, 2.75) is 0 Å². The van der Waals surface area contributed by atoms with Crippen LogP contribution in [0.2, 0.25) is 0 Å². The average molecular weight is 760 g/mol. The Morgan fingerprint density at radius 3 is 1.52 bits per heavy atom. The van der Waals surface area contributed by atoms with Crippen molar-refractivity contribution in [1.29, 1.82) is 0 Å². The van der Waals surface area contributed by atoms with Crippen LogP contribution in [0.5, 0.6) is 0 Å². The summed E-state index contributed by atoms with van der Waals surface area (Å²) < 4.78 is 4.92. The van der Waals surface area contributed by atoms with Crippen LogP contribution in [-0.2, 0) is 0 Å². The highest BCUT2D eigenvalue weighted by molar-refractivity contribution is 7.25. The predicted molar refractivity (Wildman–Crippen MR) is 248 cm³/mol. The number of thiophene rings is 1. The van der Waals surface area contributed by atoms with E-state index >= 15 is 0 Å². The van der Waals surface area contributed by atoms with Crippen LogP contribution in [0.15, 0.2) is 224 Å². The summed E-state index contributed by atoms with van der Waals surface area (Å²) in [5.74, 6) is 0. The lowest BCUT2D eigenvalue weighted by atomic mass is 10.0.